The Hall–Kier alpha value is -3.24. The summed E-state index contributed by atoms with van der Waals surface area (Å²) >= 11 is 13.4. The Morgan fingerprint density at radius 1 is 1.06 bits per heavy atom. The number of benzene rings is 3. The van der Waals surface area contributed by atoms with Gasteiger partial charge in [-0.1, -0.05) is 78.3 Å². The first-order chi connectivity index (χ1) is 17.3. The van der Waals surface area contributed by atoms with Crippen molar-refractivity contribution in [3.63, 3.8) is 0 Å². The summed E-state index contributed by atoms with van der Waals surface area (Å²) in [6.07, 6.45) is 1.22. The van der Waals surface area contributed by atoms with Crippen molar-refractivity contribution in [3.8, 4) is 6.07 Å². The molecular weight excluding hydrogens is 513 g/mol. The maximum absolute atomic E-state index is 13.7. The van der Waals surface area contributed by atoms with Gasteiger partial charge in [0.2, 0.25) is 5.91 Å². The maximum Gasteiger partial charge on any atom is 0.269 e. The van der Waals surface area contributed by atoms with E-state index in [1.165, 1.54) is 16.7 Å². The van der Waals surface area contributed by atoms with Crippen molar-refractivity contribution < 1.29 is 9.59 Å². The van der Waals surface area contributed by atoms with Crippen molar-refractivity contribution in [3.05, 3.63) is 104 Å². The quantitative estimate of drug-likeness (QED) is 0.274. The van der Waals surface area contributed by atoms with Crippen LogP contribution in [0.5, 0.6) is 0 Å². The van der Waals surface area contributed by atoms with E-state index in [0.29, 0.717) is 32.9 Å². The van der Waals surface area contributed by atoms with Crippen molar-refractivity contribution in [2.45, 2.75) is 31.9 Å². The summed E-state index contributed by atoms with van der Waals surface area (Å²) in [6, 6.07) is 22.2. The molecule has 0 spiro atoms. The number of hydrogen-bond donors (Lipinski definition) is 1. The van der Waals surface area contributed by atoms with Crippen LogP contribution in [-0.4, -0.2) is 17.1 Å². The van der Waals surface area contributed by atoms with Crippen molar-refractivity contribution >= 4 is 58.2 Å². The monoisotopic (exact) mass is 535 g/mol. The van der Waals surface area contributed by atoms with Crippen molar-refractivity contribution in [1.29, 1.82) is 5.26 Å². The van der Waals surface area contributed by atoms with Gasteiger partial charge in [-0.2, -0.15) is 5.26 Å². The first-order valence-electron chi connectivity index (χ1n) is 11.4. The molecule has 4 rings (SSSR count). The third-order valence-corrected chi connectivity index (χ3v) is 7.91. The second kappa shape index (κ2) is 11.2. The lowest BCUT2D eigenvalue weighted by molar-refractivity contribution is -0.117. The van der Waals surface area contributed by atoms with Crippen LogP contribution in [0.1, 0.15) is 23.6 Å². The minimum Gasteiger partial charge on any atom is -0.321 e. The predicted molar refractivity (Wildman–Crippen MR) is 147 cm³/mol. The highest BCUT2D eigenvalue weighted by molar-refractivity contribution is 8.05. The maximum atomic E-state index is 13.7. The molecule has 1 aliphatic heterocycles. The van der Waals surface area contributed by atoms with E-state index < -0.39 is 11.2 Å². The molecule has 1 fully saturated rings. The van der Waals surface area contributed by atoms with Crippen molar-refractivity contribution in [2.24, 2.45) is 0 Å². The van der Waals surface area contributed by atoms with E-state index in [2.05, 4.69) is 5.32 Å². The lowest BCUT2D eigenvalue weighted by Crippen LogP contribution is -2.31. The lowest BCUT2D eigenvalue weighted by Gasteiger charge is -2.19. The summed E-state index contributed by atoms with van der Waals surface area (Å²) in [4.78, 5) is 28.4. The van der Waals surface area contributed by atoms with Crippen molar-refractivity contribution in [1.82, 2.24) is 0 Å². The zero-order valence-corrected chi connectivity index (χ0v) is 22.0. The van der Waals surface area contributed by atoms with Crippen LogP contribution in [0.25, 0.3) is 0 Å². The second-order valence-electron chi connectivity index (χ2n) is 8.31. The van der Waals surface area contributed by atoms with Gasteiger partial charge in [0.25, 0.3) is 5.91 Å². The van der Waals surface area contributed by atoms with Gasteiger partial charge in [0.1, 0.15) is 16.7 Å². The van der Waals surface area contributed by atoms with Crippen LogP contribution in [0.3, 0.4) is 0 Å². The average molecular weight is 536 g/mol. The molecule has 5 nitrogen and oxygen atoms in total. The number of amides is 2. The number of anilines is 2. The summed E-state index contributed by atoms with van der Waals surface area (Å²) in [5.74, 6) is -0.769. The van der Waals surface area contributed by atoms with Gasteiger partial charge in [0.15, 0.2) is 0 Å². The highest BCUT2D eigenvalue weighted by atomic mass is 35.5. The number of thioether (sulfide) groups is 1. The Balaban J connectivity index is 1.74. The van der Waals surface area contributed by atoms with E-state index in [4.69, 9.17) is 23.2 Å². The van der Waals surface area contributed by atoms with Crippen LogP contribution in [0, 0.1) is 18.3 Å². The minimum atomic E-state index is -0.563. The number of halogens is 2. The predicted octanol–water partition coefficient (Wildman–Crippen LogP) is 6.93. The van der Waals surface area contributed by atoms with Gasteiger partial charge in [-0.3, -0.25) is 14.5 Å². The molecule has 1 heterocycles. The van der Waals surface area contributed by atoms with Crippen LogP contribution >= 0.6 is 35.0 Å². The summed E-state index contributed by atoms with van der Waals surface area (Å²) in [6.45, 7) is 3.92. The Kier molecular flexibility index (Phi) is 8.05. The van der Waals surface area contributed by atoms with E-state index in [1.54, 1.807) is 18.2 Å². The fourth-order valence-corrected chi connectivity index (χ4v) is 5.51. The number of rotatable bonds is 6. The van der Waals surface area contributed by atoms with Crippen LogP contribution in [0.4, 0.5) is 11.4 Å². The molecule has 3 aromatic carbocycles. The second-order valence-corrected chi connectivity index (χ2v) is 10.3. The largest absolute Gasteiger partial charge is 0.321 e. The molecule has 8 heteroatoms. The van der Waals surface area contributed by atoms with Gasteiger partial charge in [-0.05, 0) is 66.8 Å². The summed E-state index contributed by atoms with van der Waals surface area (Å²) in [7, 11) is 0. The normalized spacial score (nSPS) is 16.6. The standard InChI is InChI=1S/C28H23Cl2N3O2S/c1-3-18-8-11-20(12-9-18)33-27(35)25(15-19-10-13-22(29)23(30)14-19)36-28(33)21(16-31)26(34)32-24-7-5-4-6-17(24)2/h4-14,25H,3,15H2,1-2H3,(H,32,34)/b28-21-. The highest BCUT2D eigenvalue weighted by Gasteiger charge is 2.41. The molecular formula is C28H23Cl2N3O2S. The molecule has 3 aromatic rings. The number of carbonyl (C=O) groups excluding carboxylic acids is 2. The molecule has 1 N–H and O–H groups in total. The molecule has 2 amide bonds. The van der Waals surface area contributed by atoms with Gasteiger partial charge in [-0.15, -0.1) is 0 Å². The zero-order valence-electron chi connectivity index (χ0n) is 19.7. The average Bonchev–Trinajstić information content (AvgIpc) is 3.18. The number of aryl methyl sites for hydroxylation is 2. The molecule has 0 saturated carbocycles. The summed E-state index contributed by atoms with van der Waals surface area (Å²) in [5, 5.41) is 13.5. The van der Waals surface area contributed by atoms with Crippen LogP contribution in [-0.2, 0) is 22.4 Å². The van der Waals surface area contributed by atoms with E-state index in [0.717, 1.165) is 23.1 Å². The van der Waals surface area contributed by atoms with E-state index >= 15 is 0 Å². The van der Waals surface area contributed by atoms with Gasteiger partial charge < -0.3 is 5.32 Å². The lowest BCUT2D eigenvalue weighted by atomic mass is 10.1. The molecule has 0 aromatic heterocycles. The summed E-state index contributed by atoms with van der Waals surface area (Å²) < 4.78 is 0. The minimum absolute atomic E-state index is 0.118. The Morgan fingerprint density at radius 2 is 1.75 bits per heavy atom. The Labute approximate surface area is 224 Å². The number of nitrogens with zero attached hydrogens (tertiary/aromatic N) is 2. The molecule has 1 saturated heterocycles. The number of hydrogen-bond acceptors (Lipinski definition) is 4. The summed E-state index contributed by atoms with van der Waals surface area (Å²) in [5.41, 5.74) is 3.92. The number of para-hydroxylation sites is 1. The van der Waals surface area contributed by atoms with E-state index in [-0.39, 0.29) is 11.5 Å². The van der Waals surface area contributed by atoms with Gasteiger partial charge in [-0.25, -0.2) is 0 Å². The smallest absolute Gasteiger partial charge is 0.269 e. The molecule has 182 valence electrons. The zero-order chi connectivity index (χ0) is 25.8. The molecule has 1 unspecified atom stereocenters. The van der Waals surface area contributed by atoms with Crippen LogP contribution in [0.15, 0.2) is 77.3 Å². The molecule has 0 bridgehead atoms. The highest BCUT2D eigenvalue weighted by Crippen LogP contribution is 2.42. The fraction of sp³-hybridized carbons (Fsp3) is 0.179. The van der Waals surface area contributed by atoms with Gasteiger partial charge in [0.05, 0.1) is 15.3 Å². The van der Waals surface area contributed by atoms with Crippen molar-refractivity contribution in [2.75, 3.05) is 10.2 Å². The molecule has 0 aliphatic carbocycles. The number of nitriles is 1. The molecule has 1 atom stereocenters. The van der Waals surface area contributed by atoms with Gasteiger partial charge in [0, 0.05) is 11.4 Å². The van der Waals surface area contributed by atoms with E-state index in [1.807, 2.05) is 68.4 Å². The first-order valence-corrected chi connectivity index (χ1v) is 13.0. The molecule has 0 radical (unpaired) electrons. The Bertz CT molecular complexity index is 1400. The van der Waals surface area contributed by atoms with Gasteiger partial charge >= 0.3 is 0 Å². The SMILES string of the molecule is CCc1ccc(N2C(=O)C(Cc3ccc(Cl)c(Cl)c3)S/C2=C(/C#N)C(=O)Nc2ccccc2C)cc1. The fourth-order valence-electron chi connectivity index (χ4n) is 3.88. The number of nitrogens with one attached hydrogen (secondary N) is 1. The van der Waals surface area contributed by atoms with Crippen LogP contribution in [0.2, 0.25) is 10.0 Å². The first kappa shape index (κ1) is 25.8. The third kappa shape index (κ3) is 5.44. The Morgan fingerprint density at radius 3 is 2.39 bits per heavy atom. The molecule has 1 aliphatic rings. The molecule has 36 heavy (non-hydrogen) atoms. The van der Waals surface area contributed by atoms with E-state index in [9.17, 15) is 14.9 Å². The van der Waals surface area contributed by atoms with Crippen LogP contribution < -0.4 is 10.2 Å². The topological polar surface area (TPSA) is 73.2 Å². The third-order valence-electron chi connectivity index (χ3n) is 5.91. The number of carbonyl (C=O) groups is 2.